The van der Waals surface area contributed by atoms with Crippen LogP contribution in [0.2, 0.25) is 0 Å². The van der Waals surface area contributed by atoms with Crippen LogP contribution in [-0.2, 0) is 4.79 Å². The molecule has 2 nitrogen and oxygen atoms in total. The third kappa shape index (κ3) is 3.96. The van der Waals surface area contributed by atoms with E-state index in [1.165, 1.54) is 0 Å². The van der Waals surface area contributed by atoms with Gasteiger partial charge < -0.3 is 4.90 Å². The van der Waals surface area contributed by atoms with Gasteiger partial charge in [0.25, 0.3) is 0 Å². The van der Waals surface area contributed by atoms with Gasteiger partial charge in [0.2, 0.25) is 5.91 Å². The summed E-state index contributed by atoms with van der Waals surface area (Å²) in [6, 6.07) is 9.75. The first-order chi connectivity index (χ1) is 7.25. The molecule has 0 aliphatic heterocycles. The van der Waals surface area contributed by atoms with Gasteiger partial charge in [-0.3, -0.25) is 4.79 Å². The maximum absolute atomic E-state index is 11.7. The Balaban J connectivity index is 2.46. The summed E-state index contributed by atoms with van der Waals surface area (Å²) in [4.78, 5) is 13.5. The lowest BCUT2D eigenvalue weighted by atomic mass is 10.2. The number of hydrogen-bond acceptors (Lipinski definition) is 2. The predicted molar refractivity (Wildman–Crippen MR) is 67.5 cm³/mol. The highest BCUT2D eigenvalue weighted by atomic mass is 32.2. The average molecular weight is 223 g/mol. The summed E-state index contributed by atoms with van der Waals surface area (Å²) in [5.41, 5.74) is 0.964. The first kappa shape index (κ1) is 12.1. The lowest BCUT2D eigenvalue weighted by Gasteiger charge is -2.16. The minimum absolute atomic E-state index is 0.190. The van der Waals surface area contributed by atoms with Crippen molar-refractivity contribution >= 4 is 23.4 Å². The van der Waals surface area contributed by atoms with E-state index in [0.29, 0.717) is 6.42 Å². The molecular weight excluding hydrogens is 206 g/mol. The van der Waals surface area contributed by atoms with Gasteiger partial charge in [-0.25, -0.2) is 0 Å². The van der Waals surface area contributed by atoms with Crippen LogP contribution in [-0.4, -0.2) is 25.0 Å². The van der Waals surface area contributed by atoms with Crippen LogP contribution < -0.4 is 4.90 Å². The molecule has 0 saturated heterocycles. The normalized spacial score (nSPS) is 10.0. The number of amides is 1. The Morgan fingerprint density at radius 3 is 2.60 bits per heavy atom. The molecule has 0 aliphatic rings. The highest BCUT2D eigenvalue weighted by Crippen LogP contribution is 2.13. The van der Waals surface area contributed by atoms with Crippen LogP contribution in [0.4, 0.5) is 5.69 Å². The maximum Gasteiger partial charge on any atom is 0.226 e. The van der Waals surface area contributed by atoms with Crippen LogP contribution in [0, 0.1) is 0 Å². The van der Waals surface area contributed by atoms with Gasteiger partial charge in [-0.2, -0.15) is 11.8 Å². The topological polar surface area (TPSA) is 20.3 Å². The van der Waals surface area contributed by atoms with Crippen LogP contribution in [0.3, 0.4) is 0 Å². The lowest BCUT2D eigenvalue weighted by molar-refractivity contribution is -0.118. The third-order valence-electron chi connectivity index (χ3n) is 2.26. The largest absolute Gasteiger partial charge is 0.316 e. The summed E-state index contributed by atoms with van der Waals surface area (Å²) in [6.45, 7) is 0. The Bertz CT molecular complexity index is 300. The number of carbonyl (C=O) groups is 1. The van der Waals surface area contributed by atoms with Gasteiger partial charge in [0.15, 0.2) is 0 Å². The smallest absolute Gasteiger partial charge is 0.226 e. The molecule has 3 heteroatoms. The number of anilines is 1. The summed E-state index contributed by atoms with van der Waals surface area (Å²) in [5, 5.41) is 0. The zero-order valence-corrected chi connectivity index (χ0v) is 10.1. The first-order valence-electron chi connectivity index (χ1n) is 5.06. The molecule has 0 saturated carbocycles. The number of thioether (sulfide) groups is 1. The van der Waals surface area contributed by atoms with E-state index in [9.17, 15) is 4.79 Å². The Kier molecular flexibility index (Phi) is 5.26. The quantitative estimate of drug-likeness (QED) is 0.715. The summed E-state index contributed by atoms with van der Waals surface area (Å²) in [6.07, 6.45) is 3.65. The van der Waals surface area contributed by atoms with Gasteiger partial charge >= 0.3 is 0 Å². The van der Waals surface area contributed by atoms with Crippen LogP contribution >= 0.6 is 11.8 Å². The molecule has 0 bridgehead atoms. The summed E-state index contributed by atoms with van der Waals surface area (Å²) in [7, 11) is 1.83. The molecule has 0 fully saturated rings. The van der Waals surface area contributed by atoms with Crippen molar-refractivity contribution in [2.24, 2.45) is 0 Å². The Morgan fingerprint density at radius 2 is 2.00 bits per heavy atom. The Hall–Kier alpha value is -0.960. The number of benzene rings is 1. The van der Waals surface area contributed by atoms with E-state index in [4.69, 9.17) is 0 Å². The van der Waals surface area contributed by atoms with Crippen LogP contribution in [0.15, 0.2) is 30.3 Å². The SMILES string of the molecule is CSCCCC(=O)N(C)c1ccccc1. The van der Waals surface area contributed by atoms with Gasteiger partial charge in [0, 0.05) is 19.2 Å². The molecule has 0 radical (unpaired) electrons. The molecule has 0 aliphatic carbocycles. The Morgan fingerprint density at radius 1 is 1.33 bits per heavy atom. The number of carbonyl (C=O) groups excluding carboxylic acids is 1. The van der Waals surface area contributed by atoms with Crippen molar-refractivity contribution in [3.8, 4) is 0 Å². The monoisotopic (exact) mass is 223 g/mol. The fourth-order valence-electron chi connectivity index (χ4n) is 1.33. The zero-order valence-electron chi connectivity index (χ0n) is 9.27. The highest BCUT2D eigenvalue weighted by molar-refractivity contribution is 7.98. The summed E-state index contributed by atoms with van der Waals surface area (Å²) < 4.78 is 0. The van der Waals surface area contributed by atoms with E-state index in [0.717, 1.165) is 17.9 Å². The van der Waals surface area contributed by atoms with Crippen LogP contribution in [0.25, 0.3) is 0 Å². The number of nitrogens with zero attached hydrogens (tertiary/aromatic N) is 1. The van der Waals surface area contributed by atoms with E-state index in [1.807, 2.05) is 37.4 Å². The molecule has 0 N–H and O–H groups in total. The van der Waals surface area contributed by atoms with Crippen molar-refractivity contribution in [2.75, 3.05) is 24.0 Å². The van der Waals surface area contributed by atoms with Crippen molar-refractivity contribution in [3.63, 3.8) is 0 Å². The van der Waals surface area contributed by atoms with Gasteiger partial charge in [-0.15, -0.1) is 0 Å². The predicted octanol–water partition coefficient (Wildman–Crippen LogP) is 2.79. The van der Waals surface area contributed by atoms with Crippen molar-refractivity contribution in [1.29, 1.82) is 0 Å². The number of hydrogen-bond donors (Lipinski definition) is 0. The second kappa shape index (κ2) is 6.51. The number of rotatable bonds is 5. The fourth-order valence-corrected chi connectivity index (χ4v) is 1.76. The van der Waals surface area contributed by atoms with Gasteiger partial charge in [-0.1, -0.05) is 18.2 Å². The summed E-state index contributed by atoms with van der Waals surface area (Å²) in [5.74, 6) is 1.24. The van der Waals surface area contributed by atoms with Crippen molar-refractivity contribution in [1.82, 2.24) is 0 Å². The third-order valence-corrected chi connectivity index (χ3v) is 2.95. The molecule has 82 valence electrons. The first-order valence-corrected chi connectivity index (χ1v) is 6.45. The second-order valence-corrected chi connectivity index (χ2v) is 4.37. The van der Waals surface area contributed by atoms with E-state index in [1.54, 1.807) is 16.7 Å². The average Bonchev–Trinajstić information content (AvgIpc) is 2.29. The molecule has 1 amide bonds. The zero-order chi connectivity index (χ0) is 11.1. The second-order valence-electron chi connectivity index (χ2n) is 3.38. The minimum Gasteiger partial charge on any atom is -0.316 e. The Labute approximate surface area is 95.7 Å². The lowest BCUT2D eigenvalue weighted by Crippen LogP contribution is -2.25. The summed E-state index contributed by atoms with van der Waals surface area (Å²) >= 11 is 1.78. The minimum atomic E-state index is 0.190. The fraction of sp³-hybridized carbons (Fsp3) is 0.417. The highest BCUT2D eigenvalue weighted by Gasteiger charge is 2.09. The van der Waals surface area contributed by atoms with E-state index >= 15 is 0 Å². The standard InChI is InChI=1S/C12H17NOS/c1-13(11-7-4-3-5-8-11)12(14)9-6-10-15-2/h3-5,7-8H,6,9-10H2,1-2H3. The molecule has 0 heterocycles. The van der Waals surface area contributed by atoms with Crippen LogP contribution in [0.5, 0.6) is 0 Å². The molecule has 0 aromatic heterocycles. The van der Waals surface area contributed by atoms with Crippen molar-refractivity contribution in [3.05, 3.63) is 30.3 Å². The molecule has 1 rings (SSSR count). The molecule has 0 atom stereocenters. The number of para-hydroxylation sites is 1. The molecule has 0 unspecified atom stereocenters. The van der Waals surface area contributed by atoms with Crippen LogP contribution in [0.1, 0.15) is 12.8 Å². The molecule has 0 spiro atoms. The molecule has 1 aromatic carbocycles. The molecule has 1 aromatic rings. The molecular formula is C12H17NOS. The van der Waals surface area contributed by atoms with Crippen molar-refractivity contribution in [2.45, 2.75) is 12.8 Å². The van der Waals surface area contributed by atoms with E-state index in [2.05, 4.69) is 6.26 Å². The van der Waals surface area contributed by atoms with E-state index in [-0.39, 0.29) is 5.91 Å². The van der Waals surface area contributed by atoms with Crippen molar-refractivity contribution < 1.29 is 4.79 Å². The van der Waals surface area contributed by atoms with E-state index < -0.39 is 0 Å². The van der Waals surface area contributed by atoms with Gasteiger partial charge in [0.1, 0.15) is 0 Å². The van der Waals surface area contributed by atoms with Gasteiger partial charge in [0.05, 0.1) is 0 Å². The molecule has 15 heavy (non-hydrogen) atoms. The van der Waals surface area contributed by atoms with Gasteiger partial charge in [-0.05, 0) is 30.6 Å². The maximum atomic E-state index is 11.7.